The third-order valence-corrected chi connectivity index (χ3v) is 2.99. The van der Waals surface area contributed by atoms with Crippen LogP contribution in [-0.4, -0.2) is 0 Å². The van der Waals surface area contributed by atoms with Crippen molar-refractivity contribution in [2.75, 3.05) is 0 Å². The van der Waals surface area contributed by atoms with Gasteiger partial charge in [-0.05, 0) is 35.9 Å². The molecule has 13 heavy (non-hydrogen) atoms. The third-order valence-electron chi connectivity index (χ3n) is 2.09. The summed E-state index contributed by atoms with van der Waals surface area (Å²) in [7, 11) is 0. The Balaban J connectivity index is 2.37. The highest BCUT2D eigenvalue weighted by Gasteiger charge is 2.06. The molecule has 1 aliphatic heterocycles. The van der Waals surface area contributed by atoms with E-state index in [-0.39, 0.29) is 0 Å². The minimum Gasteiger partial charge on any atom is -0.144 e. The molecule has 1 aliphatic carbocycles. The molecule has 0 saturated carbocycles. The van der Waals surface area contributed by atoms with Crippen LogP contribution in [0.1, 0.15) is 5.56 Å². The molecule has 2 rings (SSSR count). The lowest BCUT2D eigenvalue weighted by molar-refractivity contribution is 1.30. The van der Waals surface area contributed by atoms with Crippen molar-refractivity contribution >= 4 is 11.3 Å². The van der Waals surface area contributed by atoms with Gasteiger partial charge in [0.25, 0.3) is 0 Å². The van der Waals surface area contributed by atoms with Gasteiger partial charge in [0, 0.05) is 4.88 Å². The van der Waals surface area contributed by atoms with Crippen molar-refractivity contribution in [2.24, 2.45) is 0 Å². The molecular weight excluding hydrogens is 176 g/mol. The summed E-state index contributed by atoms with van der Waals surface area (Å²) in [5.74, 6) is 0. The first-order chi connectivity index (χ1) is 6.42. The number of rotatable bonds is 2. The molecule has 0 spiro atoms. The molecule has 0 atom stereocenters. The van der Waals surface area contributed by atoms with Crippen molar-refractivity contribution in [1.29, 1.82) is 0 Å². The number of fused-ring (bicyclic) bond motifs is 1. The van der Waals surface area contributed by atoms with Crippen LogP contribution in [0.3, 0.4) is 0 Å². The van der Waals surface area contributed by atoms with Crippen LogP contribution < -0.4 is 0 Å². The molecular formula is C12H11S. The maximum atomic E-state index is 3.69. The van der Waals surface area contributed by atoms with Gasteiger partial charge in [-0.15, -0.1) is 11.3 Å². The minimum absolute atomic E-state index is 0.990. The van der Waals surface area contributed by atoms with Crippen molar-refractivity contribution in [1.82, 2.24) is 0 Å². The third kappa shape index (κ3) is 1.65. The second kappa shape index (κ2) is 3.75. The Morgan fingerprint density at radius 2 is 2.23 bits per heavy atom. The SMILES string of the molecule is [CH2]C=CCc1ccc2scccc1-2. The Hall–Kier alpha value is -1.08. The van der Waals surface area contributed by atoms with E-state index >= 15 is 0 Å². The quantitative estimate of drug-likeness (QED) is 0.671. The zero-order chi connectivity index (χ0) is 9.10. The predicted molar refractivity (Wildman–Crippen MR) is 59.1 cm³/mol. The van der Waals surface area contributed by atoms with Crippen LogP contribution in [0.2, 0.25) is 0 Å². The van der Waals surface area contributed by atoms with Crippen molar-refractivity contribution in [2.45, 2.75) is 6.42 Å². The first kappa shape index (κ1) is 8.52. The summed E-state index contributed by atoms with van der Waals surface area (Å²) in [5, 5.41) is 2.11. The number of hydrogen-bond donors (Lipinski definition) is 0. The molecule has 1 radical (unpaired) electrons. The van der Waals surface area contributed by atoms with E-state index < -0.39 is 0 Å². The molecule has 0 unspecified atom stereocenters. The average Bonchev–Trinajstić information content (AvgIpc) is 2.58. The Morgan fingerprint density at radius 1 is 1.31 bits per heavy atom. The lowest BCUT2D eigenvalue weighted by Gasteiger charge is -1.99. The lowest BCUT2D eigenvalue weighted by Crippen LogP contribution is -1.79. The number of allylic oxidation sites excluding steroid dienone is 2. The van der Waals surface area contributed by atoms with Crippen LogP contribution in [0.4, 0.5) is 0 Å². The Morgan fingerprint density at radius 3 is 3.08 bits per heavy atom. The van der Waals surface area contributed by atoms with E-state index in [0.29, 0.717) is 0 Å². The molecule has 0 N–H and O–H groups in total. The summed E-state index contributed by atoms with van der Waals surface area (Å²) in [6.07, 6.45) is 4.93. The van der Waals surface area contributed by atoms with E-state index in [1.165, 1.54) is 16.0 Å². The molecule has 0 aromatic carbocycles. The van der Waals surface area contributed by atoms with Gasteiger partial charge in [-0.3, -0.25) is 0 Å². The highest BCUT2D eigenvalue weighted by molar-refractivity contribution is 7.13. The first-order valence-electron chi connectivity index (χ1n) is 4.31. The molecule has 0 bridgehead atoms. The summed E-state index contributed by atoms with van der Waals surface area (Å²) in [6.45, 7) is 3.69. The van der Waals surface area contributed by atoms with Crippen molar-refractivity contribution in [3.63, 3.8) is 0 Å². The van der Waals surface area contributed by atoms with Gasteiger partial charge in [-0.1, -0.05) is 30.4 Å². The fraction of sp³-hybridized carbons (Fsp3) is 0.0833. The van der Waals surface area contributed by atoms with Crippen molar-refractivity contribution < 1.29 is 0 Å². The van der Waals surface area contributed by atoms with Gasteiger partial charge in [0.05, 0.1) is 0 Å². The van der Waals surface area contributed by atoms with Crippen LogP contribution in [0, 0.1) is 6.92 Å². The predicted octanol–water partition coefficient (Wildman–Crippen LogP) is 3.79. The summed E-state index contributed by atoms with van der Waals surface area (Å²) >= 11 is 1.79. The molecule has 2 aliphatic rings. The molecule has 0 saturated heterocycles. The Labute approximate surface area is 82.9 Å². The maximum absolute atomic E-state index is 3.69. The monoisotopic (exact) mass is 187 g/mol. The van der Waals surface area contributed by atoms with E-state index in [0.717, 1.165) is 6.42 Å². The molecule has 1 heterocycles. The van der Waals surface area contributed by atoms with Gasteiger partial charge in [-0.25, -0.2) is 0 Å². The van der Waals surface area contributed by atoms with Crippen molar-refractivity contribution in [3.05, 3.63) is 54.3 Å². The van der Waals surface area contributed by atoms with Crippen LogP contribution in [0.5, 0.6) is 0 Å². The molecule has 0 amide bonds. The van der Waals surface area contributed by atoms with Crippen LogP contribution in [0.15, 0.2) is 41.8 Å². The highest BCUT2D eigenvalue weighted by Crippen LogP contribution is 2.31. The summed E-state index contributed by atoms with van der Waals surface area (Å²) in [4.78, 5) is 1.37. The van der Waals surface area contributed by atoms with Gasteiger partial charge in [-0.2, -0.15) is 0 Å². The van der Waals surface area contributed by atoms with E-state index in [4.69, 9.17) is 0 Å². The van der Waals surface area contributed by atoms with Gasteiger partial charge >= 0.3 is 0 Å². The lowest BCUT2D eigenvalue weighted by atomic mass is 10.1. The van der Waals surface area contributed by atoms with Crippen LogP contribution in [0.25, 0.3) is 10.4 Å². The Kier molecular flexibility index (Phi) is 2.46. The van der Waals surface area contributed by atoms with E-state index in [1.54, 1.807) is 11.3 Å². The highest BCUT2D eigenvalue weighted by atomic mass is 32.1. The molecule has 1 heteroatoms. The second-order valence-electron chi connectivity index (χ2n) is 2.93. The molecule has 0 aromatic heterocycles. The molecule has 0 aromatic rings. The standard InChI is InChI=1S/C12H11S/c1-2-3-5-10-7-8-12-11(10)6-4-9-13-12/h2-4,6-9H,1,5H2. The molecule has 0 nitrogen and oxygen atoms in total. The van der Waals surface area contributed by atoms with Crippen molar-refractivity contribution in [3.8, 4) is 10.4 Å². The van der Waals surface area contributed by atoms with E-state index in [1.807, 2.05) is 6.08 Å². The molecule has 65 valence electrons. The van der Waals surface area contributed by atoms with Crippen LogP contribution >= 0.6 is 11.3 Å². The van der Waals surface area contributed by atoms with Gasteiger partial charge < -0.3 is 0 Å². The average molecular weight is 187 g/mol. The Bertz CT molecular complexity index is 384. The smallest absolute Gasteiger partial charge is 0.0345 e. The molecule has 0 fully saturated rings. The number of hydrogen-bond acceptors (Lipinski definition) is 1. The zero-order valence-electron chi connectivity index (χ0n) is 7.36. The summed E-state index contributed by atoms with van der Waals surface area (Å²) in [5.41, 5.74) is 2.78. The fourth-order valence-corrected chi connectivity index (χ4v) is 2.22. The summed E-state index contributed by atoms with van der Waals surface area (Å²) < 4.78 is 0. The topological polar surface area (TPSA) is 0 Å². The van der Waals surface area contributed by atoms with Crippen LogP contribution in [-0.2, 0) is 6.42 Å². The van der Waals surface area contributed by atoms with Gasteiger partial charge in [0.1, 0.15) is 0 Å². The van der Waals surface area contributed by atoms with Gasteiger partial charge in [0.2, 0.25) is 0 Å². The largest absolute Gasteiger partial charge is 0.144 e. The minimum atomic E-state index is 0.990. The normalized spacial score (nSPS) is 11.5. The fourth-order valence-electron chi connectivity index (χ4n) is 1.44. The first-order valence-corrected chi connectivity index (χ1v) is 5.19. The van der Waals surface area contributed by atoms with E-state index in [2.05, 4.69) is 42.6 Å². The van der Waals surface area contributed by atoms with Gasteiger partial charge in [0.15, 0.2) is 0 Å². The van der Waals surface area contributed by atoms with E-state index in [9.17, 15) is 0 Å². The summed E-state index contributed by atoms with van der Waals surface area (Å²) in [6, 6.07) is 8.66. The second-order valence-corrected chi connectivity index (χ2v) is 3.87. The maximum Gasteiger partial charge on any atom is 0.0345 e. The zero-order valence-corrected chi connectivity index (χ0v) is 8.18.